The van der Waals surface area contributed by atoms with E-state index in [2.05, 4.69) is 5.32 Å². The third-order valence-corrected chi connectivity index (χ3v) is 2.56. The zero-order valence-corrected chi connectivity index (χ0v) is 9.01. The molecule has 0 aliphatic heterocycles. The maximum atomic E-state index is 11.3. The van der Waals surface area contributed by atoms with E-state index in [9.17, 15) is 4.79 Å². The van der Waals surface area contributed by atoms with Gasteiger partial charge in [-0.15, -0.1) is 0 Å². The van der Waals surface area contributed by atoms with Gasteiger partial charge in [-0.25, -0.2) is 0 Å². The highest BCUT2D eigenvalue weighted by Gasteiger charge is 2.03. The van der Waals surface area contributed by atoms with Gasteiger partial charge in [-0.2, -0.15) is 11.3 Å². The predicted octanol–water partition coefficient (Wildman–Crippen LogP) is 1.18. The van der Waals surface area contributed by atoms with E-state index in [4.69, 9.17) is 5.11 Å². The van der Waals surface area contributed by atoms with Crippen molar-refractivity contribution in [3.05, 3.63) is 22.4 Å². The smallest absolute Gasteiger partial charge is 0.224 e. The number of nitrogens with one attached hydrogen (secondary N) is 1. The summed E-state index contributed by atoms with van der Waals surface area (Å²) in [5.41, 5.74) is 1.05. The molecule has 1 amide bonds. The van der Waals surface area contributed by atoms with Gasteiger partial charge in [0.1, 0.15) is 0 Å². The predicted molar refractivity (Wildman–Crippen MR) is 57.3 cm³/mol. The van der Waals surface area contributed by atoms with Crippen LogP contribution >= 0.6 is 11.3 Å². The molecule has 4 heteroatoms. The summed E-state index contributed by atoms with van der Waals surface area (Å²) in [5, 5.41) is 15.7. The van der Waals surface area contributed by atoms with Crippen LogP contribution in [0.25, 0.3) is 0 Å². The van der Waals surface area contributed by atoms with Crippen molar-refractivity contribution in [2.24, 2.45) is 0 Å². The second kappa shape index (κ2) is 5.78. The normalized spacial score (nSPS) is 12.4. The van der Waals surface area contributed by atoms with Crippen molar-refractivity contribution in [1.82, 2.24) is 5.32 Å². The number of rotatable bonds is 5. The van der Waals surface area contributed by atoms with Crippen molar-refractivity contribution >= 4 is 17.2 Å². The molecule has 2 N–H and O–H groups in total. The Kier molecular flexibility index (Phi) is 4.62. The van der Waals surface area contributed by atoms with E-state index in [1.807, 2.05) is 16.8 Å². The first-order valence-corrected chi connectivity index (χ1v) is 5.58. The number of carbonyl (C=O) groups excluding carboxylic acids is 1. The number of thiophene rings is 1. The minimum atomic E-state index is -0.351. The van der Waals surface area contributed by atoms with E-state index in [-0.39, 0.29) is 12.0 Å². The van der Waals surface area contributed by atoms with Crippen LogP contribution < -0.4 is 5.32 Å². The average Bonchev–Trinajstić information content (AvgIpc) is 2.56. The van der Waals surface area contributed by atoms with Crippen LogP contribution in [0.3, 0.4) is 0 Å². The van der Waals surface area contributed by atoms with Gasteiger partial charge in [0, 0.05) is 6.54 Å². The number of aliphatic hydroxyl groups is 1. The molecule has 1 rings (SSSR count). The molecule has 0 aliphatic rings. The molecule has 0 aromatic carbocycles. The third kappa shape index (κ3) is 4.39. The van der Waals surface area contributed by atoms with E-state index in [1.165, 1.54) is 0 Å². The van der Waals surface area contributed by atoms with Crippen LogP contribution in [0.4, 0.5) is 0 Å². The van der Waals surface area contributed by atoms with Crippen LogP contribution in [0.5, 0.6) is 0 Å². The van der Waals surface area contributed by atoms with Crippen LogP contribution in [-0.4, -0.2) is 23.7 Å². The second-order valence-electron chi connectivity index (χ2n) is 3.30. The minimum Gasteiger partial charge on any atom is -0.393 e. The summed E-state index contributed by atoms with van der Waals surface area (Å²) >= 11 is 1.59. The highest BCUT2D eigenvalue weighted by molar-refractivity contribution is 7.07. The van der Waals surface area contributed by atoms with Crippen molar-refractivity contribution < 1.29 is 9.90 Å². The van der Waals surface area contributed by atoms with E-state index in [0.717, 1.165) is 5.56 Å². The van der Waals surface area contributed by atoms with Crippen LogP contribution in [0.1, 0.15) is 18.9 Å². The Morgan fingerprint density at radius 2 is 2.50 bits per heavy atom. The number of carbonyl (C=O) groups is 1. The molecule has 0 aliphatic carbocycles. The fourth-order valence-electron chi connectivity index (χ4n) is 1.06. The first-order valence-electron chi connectivity index (χ1n) is 4.64. The van der Waals surface area contributed by atoms with Gasteiger partial charge in [0.05, 0.1) is 12.5 Å². The van der Waals surface area contributed by atoms with Crippen LogP contribution in [0.2, 0.25) is 0 Å². The van der Waals surface area contributed by atoms with E-state index in [1.54, 1.807) is 18.3 Å². The molecule has 14 heavy (non-hydrogen) atoms. The molecule has 0 fully saturated rings. The molecule has 1 aromatic rings. The first-order chi connectivity index (χ1) is 6.68. The summed E-state index contributed by atoms with van der Waals surface area (Å²) in [4.78, 5) is 11.3. The van der Waals surface area contributed by atoms with Gasteiger partial charge in [0.2, 0.25) is 5.91 Å². The SMILES string of the molecule is CC(O)CCNC(=O)Cc1ccsc1. The molecular weight excluding hydrogens is 198 g/mol. The lowest BCUT2D eigenvalue weighted by molar-refractivity contribution is -0.120. The topological polar surface area (TPSA) is 49.3 Å². The van der Waals surface area contributed by atoms with E-state index in [0.29, 0.717) is 19.4 Å². The summed E-state index contributed by atoms with van der Waals surface area (Å²) in [6.45, 7) is 2.26. The van der Waals surface area contributed by atoms with Crippen molar-refractivity contribution in [2.75, 3.05) is 6.54 Å². The van der Waals surface area contributed by atoms with Gasteiger partial charge < -0.3 is 10.4 Å². The lowest BCUT2D eigenvalue weighted by Gasteiger charge is -2.05. The largest absolute Gasteiger partial charge is 0.393 e. The molecule has 1 atom stereocenters. The summed E-state index contributed by atoms with van der Waals surface area (Å²) in [6.07, 6.45) is 0.690. The number of amides is 1. The van der Waals surface area contributed by atoms with Gasteiger partial charge in [-0.05, 0) is 35.7 Å². The summed E-state index contributed by atoms with van der Waals surface area (Å²) in [6, 6.07) is 1.94. The maximum Gasteiger partial charge on any atom is 0.224 e. The Bertz CT molecular complexity index is 270. The fourth-order valence-corrected chi connectivity index (χ4v) is 1.73. The van der Waals surface area contributed by atoms with Gasteiger partial charge in [-0.3, -0.25) is 4.79 Å². The molecule has 1 unspecified atom stereocenters. The molecule has 0 saturated carbocycles. The Morgan fingerprint density at radius 3 is 3.07 bits per heavy atom. The zero-order chi connectivity index (χ0) is 10.4. The van der Waals surface area contributed by atoms with Crippen molar-refractivity contribution in [3.8, 4) is 0 Å². The fraction of sp³-hybridized carbons (Fsp3) is 0.500. The van der Waals surface area contributed by atoms with Crippen molar-refractivity contribution in [2.45, 2.75) is 25.9 Å². The molecule has 0 saturated heterocycles. The van der Waals surface area contributed by atoms with Gasteiger partial charge in [0.25, 0.3) is 0 Å². The van der Waals surface area contributed by atoms with Gasteiger partial charge in [-0.1, -0.05) is 0 Å². The van der Waals surface area contributed by atoms with Crippen LogP contribution in [0, 0.1) is 0 Å². The molecule has 1 aromatic heterocycles. The van der Waals surface area contributed by atoms with Gasteiger partial charge >= 0.3 is 0 Å². The van der Waals surface area contributed by atoms with Gasteiger partial charge in [0.15, 0.2) is 0 Å². The average molecular weight is 213 g/mol. The summed E-state index contributed by atoms with van der Waals surface area (Å²) in [7, 11) is 0. The second-order valence-corrected chi connectivity index (χ2v) is 4.08. The Balaban J connectivity index is 2.17. The summed E-state index contributed by atoms with van der Waals surface area (Å²) in [5.74, 6) is 0.0176. The molecule has 0 radical (unpaired) electrons. The maximum absolute atomic E-state index is 11.3. The van der Waals surface area contributed by atoms with Crippen LogP contribution in [-0.2, 0) is 11.2 Å². The van der Waals surface area contributed by atoms with Crippen molar-refractivity contribution in [3.63, 3.8) is 0 Å². The van der Waals surface area contributed by atoms with Crippen molar-refractivity contribution in [1.29, 1.82) is 0 Å². The van der Waals surface area contributed by atoms with E-state index >= 15 is 0 Å². The highest BCUT2D eigenvalue weighted by Crippen LogP contribution is 2.06. The number of aliphatic hydroxyl groups excluding tert-OH is 1. The Hall–Kier alpha value is -0.870. The Morgan fingerprint density at radius 1 is 1.71 bits per heavy atom. The van der Waals surface area contributed by atoms with Crippen LogP contribution in [0.15, 0.2) is 16.8 Å². The monoisotopic (exact) mass is 213 g/mol. The molecule has 0 spiro atoms. The summed E-state index contributed by atoms with van der Waals surface area (Å²) < 4.78 is 0. The minimum absolute atomic E-state index is 0.0176. The standard InChI is InChI=1S/C10H15NO2S/c1-8(12)2-4-11-10(13)6-9-3-5-14-7-9/h3,5,7-8,12H,2,4,6H2,1H3,(H,11,13). The zero-order valence-electron chi connectivity index (χ0n) is 8.19. The molecule has 0 bridgehead atoms. The first kappa shape index (κ1) is 11.2. The highest BCUT2D eigenvalue weighted by atomic mass is 32.1. The molecule has 78 valence electrons. The Labute approximate surface area is 87.8 Å². The van der Waals surface area contributed by atoms with E-state index < -0.39 is 0 Å². The lowest BCUT2D eigenvalue weighted by Crippen LogP contribution is -2.27. The lowest BCUT2D eigenvalue weighted by atomic mass is 10.2. The number of hydrogen-bond donors (Lipinski definition) is 2. The molecule has 3 nitrogen and oxygen atoms in total. The quantitative estimate of drug-likeness (QED) is 0.771. The molecule has 1 heterocycles. The molecular formula is C10H15NO2S. The number of hydrogen-bond acceptors (Lipinski definition) is 3. The third-order valence-electron chi connectivity index (χ3n) is 1.83.